The summed E-state index contributed by atoms with van der Waals surface area (Å²) in [5.74, 6) is 0.921. The number of carbonyl (C=O) groups is 1. The van der Waals surface area contributed by atoms with Gasteiger partial charge in [-0.3, -0.25) is 0 Å². The smallest absolute Gasteiger partial charge is 0.340 e. The number of nitrogens with one attached hydrogen (secondary N) is 1. The highest BCUT2D eigenvalue weighted by atomic mass is 32.2. The van der Waals surface area contributed by atoms with Gasteiger partial charge >= 0.3 is 5.97 Å². The molecular weight excluding hydrogens is 623 g/mol. The number of piperidine rings is 1. The van der Waals surface area contributed by atoms with E-state index in [0.717, 1.165) is 91.8 Å². The van der Waals surface area contributed by atoms with Crippen molar-refractivity contribution in [3.05, 3.63) is 107 Å². The Morgan fingerprint density at radius 3 is 2.21 bits per heavy atom. The minimum atomic E-state index is -3.52. The van der Waals surface area contributed by atoms with Crippen LogP contribution in [0.4, 0.5) is 17.1 Å². The topological polar surface area (TPSA) is 88.2 Å². The average molecular weight is 666 g/mol. The molecule has 48 heavy (non-hydrogen) atoms. The van der Waals surface area contributed by atoms with Crippen LogP contribution in [0.5, 0.6) is 11.5 Å². The van der Waals surface area contributed by atoms with E-state index in [9.17, 15) is 13.2 Å². The Labute approximate surface area is 283 Å². The number of sulfonamides is 1. The van der Waals surface area contributed by atoms with Crippen LogP contribution in [0.3, 0.4) is 0 Å². The SMILES string of the molecule is CCCCN(CCCC)c1ccc2c(c1)Oc1ccc(Nc3ccc(S(=O)(=O)N4CCCCC4)cc3)cc1C21OC(=O)c2ccccc21. The molecular formula is C39H43N3O5S. The van der Waals surface area contributed by atoms with E-state index in [0.29, 0.717) is 35.0 Å². The van der Waals surface area contributed by atoms with E-state index in [1.54, 1.807) is 28.6 Å². The van der Waals surface area contributed by atoms with Crippen LogP contribution in [-0.2, 0) is 20.4 Å². The van der Waals surface area contributed by atoms with Gasteiger partial charge in [0.2, 0.25) is 10.0 Å². The van der Waals surface area contributed by atoms with E-state index >= 15 is 0 Å². The van der Waals surface area contributed by atoms with Gasteiger partial charge in [-0.25, -0.2) is 13.2 Å². The van der Waals surface area contributed by atoms with Gasteiger partial charge in [-0.05, 0) is 86.3 Å². The third kappa shape index (κ3) is 5.73. The lowest BCUT2D eigenvalue weighted by Gasteiger charge is -2.37. The number of rotatable bonds is 11. The van der Waals surface area contributed by atoms with Gasteiger partial charge in [-0.2, -0.15) is 4.31 Å². The number of hydrogen-bond acceptors (Lipinski definition) is 7. The first-order valence-electron chi connectivity index (χ1n) is 17.3. The summed E-state index contributed by atoms with van der Waals surface area (Å²) in [5, 5.41) is 3.43. The molecule has 0 aliphatic carbocycles. The minimum absolute atomic E-state index is 0.293. The zero-order chi connectivity index (χ0) is 33.3. The zero-order valence-electron chi connectivity index (χ0n) is 27.7. The van der Waals surface area contributed by atoms with Crippen molar-refractivity contribution in [3.63, 3.8) is 0 Å². The van der Waals surface area contributed by atoms with Crippen LogP contribution in [0.1, 0.15) is 85.8 Å². The molecule has 8 nitrogen and oxygen atoms in total. The summed E-state index contributed by atoms with van der Waals surface area (Å²) in [6, 6.07) is 26.5. The van der Waals surface area contributed by atoms with Crippen LogP contribution >= 0.6 is 0 Å². The summed E-state index contributed by atoms with van der Waals surface area (Å²) in [7, 11) is -3.52. The first kappa shape index (κ1) is 32.2. The number of hydrogen-bond donors (Lipinski definition) is 1. The average Bonchev–Trinajstić information content (AvgIpc) is 3.41. The van der Waals surface area contributed by atoms with E-state index < -0.39 is 15.6 Å². The van der Waals surface area contributed by atoms with Gasteiger partial charge in [-0.15, -0.1) is 0 Å². The van der Waals surface area contributed by atoms with Crippen molar-refractivity contribution in [1.29, 1.82) is 0 Å². The zero-order valence-corrected chi connectivity index (χ0v) is 28.5. The van der Waals surface area contributed by atoms with E-state index in [-0.39, 0.29) is 5.97 Å². The molecule has 7 rings (SSSR count). The number of esters is 1. The van der Waals surface area contributed by atoms with Crippen molar-refractivity contribution < 1.29 is 22.7 Å². The molecule has 4 aromatic rings. The molecule has 3 aliphatic rings. The highest BCUT2D eigenvalue weighted by molar-refractivity contribution is 7.89. The molecule has 1 N–H and O–H groups in total. The Kier molecular flexibility index (Phi) is 8.92. The molecule has 3 aliphatic heterocycles. The summed E-state index contributed by atoms with van der Waals surface area (Å²) < 4.78 is 41.0. The van der Waals surface area contributed by atoms with E-state index in [1.807, 2.05) is 42.5 Å². The van der Waals surface area contributed by atoms with E-state index in [4.69, 9.17) is 9.47 Å². The summed E-state index contributed by atoms with van der Waals surface area (Å²) in [6.07, 6.45) is 7.29. The van der Waals surface area contributed by atoms with Gasteiger partial charge in [0.05, 0.1) is 10.5 Å². The molecule has 0 saturated carbocycles. The molecule has 1 spiro atoms. The van der Waals surface area contributed by atoms with Gasteiger partial charge in [0.15, 0.2) is 5.60 Å². The molecule has 9 heteroatoms. The number of ether oxygens (including phenoxy) is 2. The highest BCUT2D eigenvalue weighted by Gasteiger charge is 2.53. The second-order valence-electron chi connectivity index (χ2n) is 12.9. The summed E-state index contributed by atoms with van der Waals surface area (Å²) >= 11 is 0. The van der Waals surface area contributed by atoms with Crippen LogP contribution in [0.25, 0.3) is 0 Å². The molecule has 0 radical (unpaired) electrons. The van der Waals surface area contributed by atoms with Crippen molar-refractivity contribution in [2.75, 3.05) is 36.4 Å². The van der Waals surface area contributed by atoms with Crippen LogP contribution in [0, 0.1) is 0 Å². The van der Waals surface area contributed by atoms with Crippen molar-refractivity contribution >= 4 is 33.1 Å². The lowest BCUT2D eigenvalue weighted by molar-refractivity contribution is 0.0224. The Bertz CT molecular complexity index is 1910. The first-order valence-corrected chi connectivity index (χ1v) is 18.7. The van der Waals surface area contributed by atoms with Crippen molar-refractivity contribution in [2.24, 2.45) is 0 Å². The third-order valence-electron chi connectivity index (χ3n) is 9.72. The monoisotopic (exact) mass is 665 g/mol. The molecule has 0 aromatic heterocycles. The predicted molar refractivity (Wildman–Crippen MR) is 189 cm³/mol. The van der Waals surface area contributed by atoms with Gasteiger partial charge < -0.3 is 19.7 Å². The maximum absolute atomic E-state index is 13.4. The molecule has 0 bridgehead atoms. The lowest BCUT2D eigenvalue weighted by atomic mass is 9.77. The maximum Gasteiger partial charge on any atom is 0.340 e. The normalized spacial score (nSPS) is 18.4. The Morgan fingerprint density at radius 2 is 1.48 bits per heavy atom. The summed E-state index contributed by atoms with van der Waals surface area (Å²) in [4.78, 5) is 16.1. The first-order chi connectivity index (χ1) is 23.3. The second-order valence-corrected chi connectivity index (χ2v) is 14.9. The lowest BCUT2D eigenvalue weighted by Crippen LogP contribution is -2.35. The van der Waals surface area contributed by atoms with Crippen molar-refractivity contribution in [1.82, 2.24) is 4.31 Å². The van der Waals surface area contributed by atoms with Gasteiger partial charge in [0.25, 0.3) is 0 Å². The fraction of sp³-hybridized carbons (Fsp3) is 0.359. The highest BCUT2D eigenvalue weighted by Crippen LogP contribution is 2.57. The standard InChI is InChI=1S/C39H43N3O5S/c1-3-5-22-41(23-6-4-2)30-17-20-34-37(27-30)46-36-21-16-29(26-35(36)39(34)33-13-9-8-12-32(33)38(43)47-39)40-28-14-18-31(19-15-28)48(44,45)42-24-10-7-11-25-42/h8-9,12-21,26-27,40H,3-7,10-11,22-25H2,1-2H3. The molecule has 1 unspecified atom stereocenters. The number of nitrogens with zero attached hydrogens (tertiary/aromatic N) is 2. The molecule has 1 saturated heterocycles. The number of anilines is 3. The number of unbranched alkanes of at least 4 members (excludes halogenated alkanes) is 2. The minimum Gasteiger partial charge on any atom is -0.456 e. The summed E-state index contributed by atoms with van der Waals surface area (Å²) in [5.41, 5.74) is 4.24. The summed E-state index contributed by atoms with van der Waals surface area (Å²) in [6.45, 7) is 7.48. The fourth-order valence-electron chi connectivity index (χ4n) is 7.13. The molecule has 0 amide bonds. The molecule has 3 heterocycles. The Morgan fingerprint density at radius 1 is 0.771 bits per heavy atom. The number of benzene rings is 4. The largest absolute Gasteiger partial charge is 0.456 e. The number of carbonyl (C=O) groups excluding carboxylic acids is 1. The van der Waals surface area contributed by atoms with Crippen LogP contribution in [0.15, 0.2) is 89.8 Å². The van der Waals surface area contributed by atoms with Crippen molar-refractivity contribution in [3.8, 4) is 11.5 Å². The van der Waals surface area contributed by atoms with Crippen LogP contribution in [0.2, 0.25) is 0 Å². The van der Waals surface area contributed by atoms with Gasteiger partial charge in [-0.1, -0.05) is 51.3 Å². The maximum atomic E-state index is 13.4. The predicted octanol–water partition coefficient (Wildman–Crippen LogP) is 8.58. The molecule has 4 aromatic carbocycles. The van der Waals surface area contributed by atoms with E-state index in [2.05, 4.69) is 42.3 Å². The van der Waals surface area contributed by atoms with Gasteiger partial charge in [0, 0.05) is 66.0 Å². The second kappa shape index (κ2) is 13.3. The Balaban J connectivity index is 1.25. The van der Waals surface area contributed by atoms with E-state index in [1.165, 1.54) is 0 Å². The molecule has 1 fully saturated rings. The van der Waals surface area contributed by atoms with Crippen molar-refractivity contribution in [2.45, 2.75) is 69.3 Å². The third-order valence-corrected chi connectivity index (χ3v) is 11.6. The fourth-order valence-corrected chi connectivity index (χ4v) is 8.65. The van der Waals surface area contributed by atoms with Crippen LogP contribution in [-0.4, -0.2) is 44.9 Å². The Hall–Kier alpha value is -4.34. The molecule has 1 atom stereocenters. The van der Waals surface area contributed by atoms with Gasteiger partial charge in [0.1, 0.15) is 11.5 Å². The quantitative estimate of drug-likeness (QED) is 0.161. The molecule has 250 valence electrons. The van der Waals surface area contributed by atoms with Crippen LogP contribution < -0.4 is 15.0 Å². The number of fused-ring (bicyclic) bond motifs is 6.